The minimum Gasteiger partial charge on any atom is -0.361 e. The van der Waals surface area contributed by atoms with Gasteiger partial charge in [0.25, 0.3) is 5.92 Å². The number of pyridine rings is 1. The third kappa shape index (κ3) is 3.87. The summed E-state index contributed by atoms with van der Waals surface area (Å²) in [5.41, 5.74) is 1.32. The van der Waals surface area contributed by atoms with Gasteiger partial charge in [0.15, 0.2) is 6.29 Å². The molecule has 2 rings (SSSR count). The van der Waals surface area contributed by atoms with E-state index >= 15 is 0 Å². The summed E-state index contributed by atoms with van der Waals surface area (Å²) < 4.78 is 33.6. The van der Waals surface area contributed by atoms with E-state index in [1.54, 1.807) is 19.9 Å². The summed E-state index contributed by atoms with van der Waals surface area (Å²) in [6.07, 6.45) is 1.78. The Labute approximate surface area is 149 Å². The van der Waals surface area contributed by atoms with Crippen LogP contribution in [0.15, 0.2) is 33.6 Å². The van der Waals surface area contributed by atoms with Crippen molar-refractivity contribution in [1.82, 2.24) is 4.98 Å². The lowest BCUT2D eigenvalue weighted by atomic mass is 9.96. The van der Waals surface area contributed by atoms with Gasteiger partial charge in [-0.2, -0.15) is 8.78 Å². The molecule has 0 fully saturated rings. The summed E-state index contributed by atoms with van der Waals surface area (Å²) in [5.74, 6) is -2.95. The standard InChI is InChI=1S/C17H18ClF2NO2S/c1-4-13(8-22)24-11(3)10(2)16-15-14(17(19,20)9-23-16)6-5-12(7-18)21-15/h4-6,8,16H,7,9H2,1-3H3/b11-10+,13-4-. The van der Waals surface area contributed by atoms with Gasteiger partial charge in [-0.1, -0.05) is 17.8 Å². The van der Waals surface area contributed by atoms with Crippen LogP contribution in [-0.2, 0) is 21.3 Å². The highest BCUT2D eigenvalue weighted by molar-refractivity contribution is 8.07. The molecule has 3 nitrogen and oxygen atoms in total. The van der Waals surface area contributed by atoms with Crippen LogP contribution in [0.2, 0.25) is 0 Å². The Hall–Kier alpha value is -1.24. The Bertz CT molecular complexity index is 704. The van der Waals surface area contributed by atoms with E-state index in [0.29, 0.717) is 10.6 Å². The van der Waals surface area contributed by atoms with E-state index < -0.39 is 18.6 Å². The number of rotatable bonds is 5. The molecule has 1 atom stereocenters. The van der Waals surface area contributed by atoms with E-state index in [1.165, 1.54) is 23.9 Å². The van der Waals surface area contributed by atoms with Crippen molar-refractivity contribution in [2.24, 2.45) is 0 Å². The predicted octanol–water partition coefficient (Wildman–Crippen LogP) is 5.11. The SMILES string of the molecule is C/C=C(/C=O)S/C(C)=C(\C)C1OCC(F)(F)c2ccc(CCl)nc21. The van der Waals surface area contributed by atoms with E-state index in [0.717, 1.165) is 16.8 Å². The number of allylic oxidation sites excluding steroid dienone is 3. The molecule has 24 heavy (non-hydrogen) atoms. The van der Waals surface area contributed by atoms with E-state index in [2.05, 4.69) is 4.98 Å². The Morgan fingerprint density at radius 1 is 1.50 bits per heavy atom. The van der Waals surface area contributed by atoms with E-state index in [4.69, 9.17) is 16.3 Å². The number of aldehydes is 1. The molecule has 0 spiro atoms. The largest absolute Gasteiger partial charge is 0.361 e. The van der Waals surface area contributed by atoms with Crippen LogP contribution in [0.5, 0.6) is 0 Å². The molecule has 0 radical (unpaired) electrons. The van der Waals surface area contributed by atoms with Crippen LogP contribution >= 0.6 is 23.4 Å². The van der Waals surface area contributed by atoms with Gasteiger partial charge in [-0.05, 0) is 43.4 Å². The molecular formula is C17H18ClF2NO2S. The smallest absolute Gasteiger partial charge is 0.297 e. The molecule has 1 aromatic heterocycles. The number of thioether (sulfide) groups is 1. The van der Waals surface area contributed by atoms with E-state index in [1.807, 2.05) is 6.92 Å². The average Bonchev–Trinajstić information content (AvgIpc) is 2.58. The first-order chi connectivity index (χ1) is 11.3. The van der Waals surface area contributed by atoms with Crippen molar-refractivity contribution in [2.45, 2.75) is 38.7 Å². The minimum absolute atomic E-state index is 0.133. The van der Waals surface area contributed by atoms with Gasteiger partial charge in [-0.25, -0.2) is 0 Å². The third-order valence-corrected chi connectivity index (χ3v) is 5.28. The van der Waals surface area contributed by atoms with Gasteiger partial charge in [0.05, 0.1) is 17.3 Å². The Balaban J connectivity index is 2.47. The first kappa shape index (κ1) is 19.1. The number of alkyl halides is 3. The number of hydrogen-bond donors (Lipinski definition) is 0. The number of ether oxygens (including phenoxy) is 1. The first-order valence-electron chi connectivity index (χ1n) is 7.36. The molecule has 0 saturated heterocycles. The maximum atomic E-state index is 14.1. The maximum Gasteiger partial charge on any atom is 0.297 e. The predicted molar refractivity (Wildman–Crippen MR) is 92.2 cm³/mol. The summed E-state index contributed by atoms with van der Waals surface area (Å²) in [5, 5.41) is 0. The first-order valence-corrected chi connectivity index (χ1v) is 8.71. The molecular weight excluding hydrogens is 356 g/mol. The number of nitrogens with zero attached hydrogens (tertiary/aromatic N) is 1. The van der Waals surface area contributed by atoms with Crippen LogP contribution in [0.4, 0.5) is 8.78 Å². The number of hydrogen-bond acceptors (Lipinski definition) is 4. The topological polar surface area (TPSA) is 39.2 Å². The van der Waals surface area contributed by atoms with Crippen molar-refractivity contribution in [2.75, 3.05) is 6.61 Å². The monoisotopic (exact) mass is 373 g/mol. The fraction of sp³-hybridized carbons (Fsp3) is 0.412. The number of carbonyl (C=O) groups is 1. The van der Waals surface area contributed by atoms with Crippen LogP contribution in [0.3, 0.4) is 0 Å². The van der Waals surface area contributed by atoms with Crippen LogP contribution < -0.4 is 0 Å². The lowest BCUT2D eigenvalue weighted by Crippen LogP contribution is -2.32. The van der Waals surface area contributed by atoms with Gasteiger partial charge in [0.1, 0.15) is 12.7 Å². The third-order valence-electron chi connectivity index (χ3n) is 3.81. The molecule has 1 aromatic rings. The maximum absolute atomic E-state index is 14.1. The molecule has 0 amide bonds. The number of carbonyl (C=O) groups excluding carboxylic acids is 1. The average molecular weight is 374 g/mol. The summed E-state index contributed by atoms with van der Waals surface area (Å²) in [4.78, 5) is 16.6. The van der Waals surface area contributed by atoms with Crippen LogP contribution in [0.1, 0.15) is 43.8 Å². The zero-order valence-electron chi connectivity index (χ0n) is 13.6. The quantitative estimate of drug-likeness (QED) is 0.408. The highest BCUT2D eigenvalue weighted by atomic mass is 35.5. The lowest BCUT2D eigenvalue weighted by molar-refractivity contribution is -0.118. The molecule has 130 valence electrons. The molecule has 0 aliphatic carbocycles. The summed E-state index contributed by atoms with van der Waals surface area (Å²) >= 11 is 7.07. The second-order valence-electron chi connectivity index (χ2n) is 5.41. The molecule has 0 saturated carbocycles. The van der Waals surface area contributed by atoms with Crippen LogP contribution in [0, 0.1) is 0 Å². The molecule has 1 aliphatic heterocycles. The number of halogens is 3. The molecule has 0 N–H and O–H groups in total. The number of aromatic nitrogens is 1. The lowest BCUT2D eigenvalue weighted by Gasteiger charge is -2.32. The van der Waals surface area contributed by atoms with E-state index in [9.17, 15) is 13.6 Å². The van der Waals surface area contributed by atoms with Crippen molar-refractivity contribution >= 4 is 29.6 Å². The highest BCUT2D eigenvalue weighted by Gasteiger charge is 2.43. The van der Waals surface area contributed by atoms with Crippen molar-refractivity contribution < 1.29 is 18.3 Å². The van der Waals surface area contributed by atoms with Crippen molar-refractivity contribution in [1.29, 1.82) is 0 Å². The van der Waals surface area contributed by atoms with Gasteiger partial charge >= 0.3 is 0 Å². The highest BCUT2D eigenvalue weighted by Crippen LogP contribution is 2.44. The van der Waals surface area contributed by atoms with Crippen LogP contribution in [-0.4, -0.2) is 17.9 Å². The number of fused-ring (bicyclic) bond motifs is 1. The molecule has 1 unspecified atom stereocenters. The second-order valence-corrected chi connectivity index (χ2v) is 6.97. The summed E-state index contributed by atoms with van der Waals surface area (Å²) in [6.45, 7) is 4.69. The molecule has 0 bridgehead atoms. The molecule has 2 heterocycles. The molecule has 1 aliphatic rings. The normalized spacial score (nSPS) is 21.1. The zero-order chi connectivity index (χ0) is 17.9. The minimum atomic E-state index is -3.08. The summed E-state index contributed by atoms with van der Waals surface area (Å²) in [6, 6.07) is 2.88. The van der Waals surface area contributed by atoms with E-state index in [-0.39, 0.29) is 17.1 Å². The fourth-order valence-electron chi connectivity index (χ4n) is 2.37. The van der Waals surface area contributed by atoms with Gasteiger partial charge in [-0.3, -0.25) is 9.78 Å². The Kier molecular flexibility index (Phi) is 6.17. The van der Waals surface area contributed by atoms with Gasteiger partial charge in [0.2, 0.25) is 0 Å². The van der Waals surface area contributed by atoms with Gasteiger partial charge in [0, 0.05) is 10.5 Å². The van der Waals surface area contributed by atoms with Gasteiger partial charge < -0.3 is 4.74 Å². The molecule has 7 heteroatoms. The van der Waals surface area contributed by atoms with Crippen LogP contribution in [0.25, 0.3) is 0 Å². The van der Waals surface area contributed by atoms with Crippen molar-refractivity contribution in [3.8, 4) is 0 Å². The summed E-state index contributed by atoms with van der Waals surface area (Å²) in [7, 11) is 0. The van der Waals surface area contributed by atoms with Gasteiger partial charge in [-0.15, -0.1) is 11.6 Å². The fourth-order valence-corrected chi connectivity index (χ4v) is 3.30. The Morgan fingerprint density at radius 3 is 2.79 bits per heavy atom. The molecule has 0 aromatic carbocycles. The zero-order valence-corrected chi connectivity index (χ0v) is 15.2. The van der Waals surface area contributed by atoms with Crippen molar-refractivity contribution in [3.05, 3.63) is 50.5 Å². The second kappa shape index (κ2) is 7.76. The Morgan fingerprint density at radius 2 is 2.21 bits per heavy atom. The van der Waals surface area contributed by atoms with Crippen molar-refractivity contribution in [3.63, 3.8) is 0 Å².